The van der Waals surface area contributed by atoms with Crippen LogP contribution in [0.1, 0.15) is 43.4 Å². The molecule has 1 aliphatic rings. The van der Waals surface area contributed by atoms with Gasteiger partial charge in [-0.3, -0.25) is 0 Å². The molecule has 0 bridgehead atoms. The first-order valence-corrected chi connectivity index (χ1v) is 9.52. The van der Waals surface area contributed by atoms with Crippen molar-refractivity contribution in [2.45, 2.75) is 55.3 Å². The molecule has 0 amide bonds. The van der Waals surface area contributed by atoms with Crippen LogP contribution in [0.2, 0.25) is 0 Å². The summed E-state index contributed by atoms with van der Waals surface area (Å²) in [5.41, 5.74) is 0. The number of thiophene rings is 1. The van der Waals surface area contributed by atoms with E-state index in [4.69, 9.17) is 11.6 Å². The SMILES string of the molecule is CN(C1CCCCCC1)S(=O)(=O)c1csc(CCl)c1. The molecule has 1 aromatic heterocycles. The predicted molar refractivity (Wildman–Crippen MR) is 80.3 cm³/mol. The number of alkyl halides is 1. The maximum Gasteiger partial charge on any atom is 0.243 e. The van der Waals surface area contributed by atoms with Gasteiger partial charge >= 0.3 is 0 Å². The highest BCUT2D eigenvalue weighted by Gasteiger charge is 2.29. The zero-order valence-electron chi connectivity index (χ0n) is 11.1. The fourth-order valence-corrected chi connectivity index (χ4v) is 5.34. The first kappa shape index (κ1) is 15.3. The first-order chi connectivity index (χ1) is 9.05. The van der Waals surface area contributed by atoms with Gasteiger partial charge in [-0.2, -0.15) is 4.31 Å². The lowest BCUT2D eigenvalue weighted by atomic mass is 10.1. The van der Waals surface area contributed by atoms with Gasteiger partial charge < -0.3 is 0 Å². The third kappa shape index (κ3) is 3.51. The van der Waals surface area contributed by atoms with Gasteiger partial charge in [-0.1, -0.05) is 25.7 Å². The van der Waals surface area contributed by atoms with E-state index in [1.807, 2.05) is 0 Å². The van der Waals surface area contributed by atoms with Crippen molar-refractivity contribution in [3.63, 3.8) is 0 Å². The van der Waals surface area contributed by atoms with Crippen molar-refractivity contribution in [1.82, 2.24) is 4.31 Å². The highest BCUT2D eigenvalue weighted by atomic mass is 35.5. The second kappa shape index (κ2) is 6.57. The number of sulfonamides is 1. The fourth-order valence-electron chi connectivity index (χ4n) is 2.55. The molecule has 6 heteroatoms. The van der Waals surface area contributed by atoms with Crippen LogP contribution in [-0.4, -0.2) is 25.8 Å². The van der Waals surface area contributed by atoms with Crippen molar-refractivity contribution in [2.75, 3.05) is 7.05 Å². The number of nitrogens with zero attached hydrogens (tertiary/aromatic N) is 1. The maximum absolute atomic E-state index is 12.6. The highest BCUT2D eigenvalue weighted by molar-refractivity contribution is 7.89. The Morgan fingerprint density at radius 2 is 1.95 bits per heavy atom. The van der Waals surface area contributed by atoms with Gasteiger partial charge in [0.15, 0.2) is 0 Å². The summed E-state index contributed by atoms with van der Waals surface area (Å²) in [5, 5.41) is 1.69. The summed E-state index contributed by atoms with van der Waals surface area (Å²) < 4.78 is 26.7. The molecule has 19 heavy (non-hydrogen) atoms. The Morgan fingerprint density at radius 1 is 1.32 bits per heavy atom. The van der Waals surface area contributed by atoms with E-state index in [1.54, 1.807) is 22.8 Å². The minimum atomic E-state index is -3.36. The topological polar surface area (TPSA) is 37.4 Å². The van der Waals surface area contributed by atoms with Crippen LogP contribution >= 0.6 is 22.9 Å². The smallest absolute Gasteiger partial charge is 0.207 e. The third-order valence-electron chi connectivity index (χ3n) is 3.78. The van der Waals surface area contributed by atoms with E-state index in [0.717, 1.165) is 30.6 Å². The summed E-state index contributed by atoms with van der Waals surface area (Å²) in [4.78, 5) is 1.29. The molecule has 3 nitrogen and oxygen atoms in total. The molecular formula is C13H20ClNO2S2. The van der Waals surface area contributed by atoms with Crippen LogP contribution in [0.15, 0.2) is 16.3 Å². The molecule has 1 aromatic rings. The Hall–Kier alpha value is -0.100. The van der Waals surface area contributed by atoms with Gasteiger partial charge in [0.25, 0.3) is 0 Å². The van der Waals surface area contributed by atoms with Gasteiger partial charge in [-0.25, -0.2) is 8.42 Å². The lowest BCUT2D eigenvalue weighted by Gasteiger charge is -2.25. The minimum absolute atomic E-state index is 0.145. The van der Waals surface area contributed by atoms with E-state index in [2.05, 4.69) is 0 Å². The van der Waals surface area contributed by atoms with Gasteiger partial charge in [0.2, 0.25) is 10.0 Å². The van der Waals surface area contributed by atoms with Gasteiger partial charge in [0, 0.05) is 23.3 Å². The van der Waals surface area contributed by atoms with Gasteiger partial charge in [0.1, 0.15) is 0 Å². The number of halogens is 1. The summed E-state index contributed by atoms with van der Waals surface area (Å²) >= 11 is 7.15. The molecule has 0 N–H and O–H groups in total. The first-order valence-electron chi connectivity index (χ1n) is 6.67. The standard InChI is InChI=1S/C13H20ClNO2S2/c1-15(11-6-4-2-3-5-7-11)19(16,17)13-8-12(9-14)18-10-13/h8,10-11H,2-7,9H2,1H3. The Bertz CT molecular complexity index is 504. The molecule has 2 rings (SSSR count). The quantitative estimate of drug-likeness (QED) is 0.624. The molecule has 1 aliphatic carbocycles. The van der Waals surface area contributed by atoms with Crippen molar-refractivity contribution in [2.24, 2.45) is 0 Å². The zero-order chi connectivity index (χ0) is 13.9. The van der Waals surface area contributed by atoms with Crippen molar-refractivity contribution in [1.29, 1.82) is 0 Å². The lowest BCUT2D eigenvalue weighted by Crippen LogP contribution is -2.36. The second-order valence-corrected chi connectivity index (χ2v) is 8.31. The zero-order valence-corrected chi connectivity index (χ0v) is 13.5. The fraction of sp³-hybridized carbons (Fsp3) is 0.692. The number of rotatable bonds is 4. The Morgan fingerprint density at radius 3 is 2.47 bits per heavy atom. The van der Waals surface area contributed by atoms with Crippen LogP contribution in [0.3, 0.4) is 0 Å². The molecule has 108 valence electrons. The van der Waals surface area contributed by atoms with E-state index in [1.165, 1.54) is 24.2 Å². The summed E-state index contributed by atoms with van der Waals surface area (Å²) in [6.07, 6.45) is 6.64. The average Bonchev–Trinajstić information content (AvgIpc) is 2.74. The predicted octanol–water partition coefficient (Wildman–Crippen LogP) is 3.83. The molecule has 0 aromatic carbocycles. The number of hydrogen-bond acceptors (Lipinski definition) is 3. The number of hydrogen-bond donors (Lipinski definition) is 0. The Balaban J connectivity index is 2.17. The van der Waals surface area contributed by atoms with Crippen LogP contribution in [-0.2, 0) is 15.9 Å². The van der Waals surface area contributed by atoms with Gasteiger partial charge in [0.05, 0.1) is 10.8 Å². The van der Waals surface area contributed by atoms with Gasteiger partial charge in [-0.05, 0) is 18.9 Å². The van der Waals surface area contributed by atoms with Crippen molar-refractivity contribution < 1.29 is 8.42 Å². The van der Waals surface area contributed by atoms with Crippen molar-refractivity contribution >= 4 is 33.0 Å². The van der Waals surface area contributed by atoms with Crippen LogP contribution in [0, 0.1) is 0 Å². The minimum Gasteiger partial charge on any atom is -0.207 e. The molecule has 0 radical (unpaired) electrons. The highest BCUT2D eigenvalue weighted by Crippen LogP contribution is 2.28. The molecule has 1 fully saturated rings. The molecule has 0 unspecified atom stereocenters. The molecule has 1 saturated carbocycles. The van der Waals surface area contributed by atoms with Crippen molar-refractivity contribution in [3.05, 3.63) is 16.3 Å². The summed E-state index contributed by atoms with van der Waals surface area (Å²) in [6.45, 7) is 0. The van der Waals surface area contributed by atoms with E-state index in [0.29, 0.717) is 10.8 Å². The lowest BCUT2D eigenvalue weighted by molar-refractivity contribution is 0.336. The molecule has 0 saturated heterocycles. The van der Waals surface area contributed by atoms with Gasteiger partial charge in [-0.15, -0.1) is 22.9 Å². The van der Waals surface area contributed by atoms with Crippen LogP contribution in [0.25, 0.3) is 0 Å². The molecule has 0 atom stereocenters. The summed E-state index contributed by atoms with van der Waals surface area (Å²) in [6, 6.07) is 1.84. The van der Waals surface area contributed by atoms with Crippen LogP contribution < -0.4 is 0 Å². The molecular weight excluding hydrogens is 302 g/mol. The van der Waals surface area contributed by atoms with E-state index < -0.39 is 10.0 Å². The maximum atomic E-state index is 12.6. The van der Waals surface area contributed by atoms with E-state index in [9.17, 15) is 8.42 Å². The molecule has 1 heterocycles. The van der Waals surface area contributed by atoms with Crippen molar-refractivity contribution in [3.8, 4) is 0 Å². The summed E-state index contributed by atoms with van der Waals surface area (Å²) in [7, 11) is -1.65. The normalized spacial score (nSPS) is 18.7. The van der Waals surface area contributed by atoms with Crippen LogP contribution in [0.5, 0.6) is 0 Å². The van der Waals surface area contributed by atoms with E-state index >= 15 is 0 Å². The Kier molecular flexibility index (Phi) is 5.29. The Labute approximate surface area is 124 Å². The molecule has 0 spiro atoms. The summed E-state index contributed by atoms with van der Waals surface area (Å²) in [5.74, 6) is 0.368. The molecule has 0 aliphatic heterocycles. The average molecular weight is 322 g/mol. The largest absolute Gasteiger partial charge is 0.243 e. The van der Waals surface area contributed by atoms with Crippen LogP contribution in [0.4, 0.5) is 0 Å². The second-order valence-electron chi connectivity index (χ2n) is 5.05. The third-order valence-corrected chi connectivity index (χ3v) is 7.20. The van der Waals surface area contributed by atoms with E-state index in [-0.39, 0.29) is 6.04 Å². The monoisotopic (exact) mass is 321 g/mol.